The number of benzene rings is 2. The number of carbonyl (C=O) groups is 1. The fraction of sp³-hybridized carbons (Fsp3) is 0.407. The number of aromatic nitrogens is 1. The molecule has 2 aliphatic rings. The van der Waals surface area contributed by atoms with Gasteiger partial charge in [-0.1, -0.05) is 29.8 Å². The van der Waals surface area contributed by atoms with E-state index in [0.717, 1.165) is 43.2 Å². The van der Waals surface area contributed by atoms with Crippen molar-refractivity contribution in [2.75, 3.05) is 24.5 Å². The maximum Gasteiger partial charge on any atom is 0.415 e. The summed E-state index contributed by atoms with van der Waals surface area (Å²) in [5.74, 6) is 0. The molecule has 2 fully saturated rings. The molecule has 184 valence electrons. The van der Waals surface area contributed by atoms with Crippen LogP contribution in [0, 0.1) is 6.92 Å². The molecule has 0 aliphatic carbocycles. The molecule has 1 amide bonds. The highest BCUT2D eigenvalue weighted by atomic mass is 35.5. The Morgan fingerprint density at radius 3 is 2.40 bits per heavy atom. The number of halogens is 1. The molecule has 2 saturated heterocycles. The molecule has 0 bridgehead atoms. The summed E-state index contributed by atoms with van der Waals surface area (Å²) in [7, 11) is 0. The molecule has 3 aromatic rings. The molecule has 5 rings (SSSR count). The fourth-order valence-corrected chi connectivity index (χ4v) is 5.48. The first-order valence-corrected chi connectivity index (χ1v) is 12.2. The maximum absolute atomic E-state index is 12.6. The van der Waals surface area contributed by atoms with E-state index in [-0.39, 0.29) is 17.8 Å². The first kappa shape index (κ1) is 25.0. The number of anilines is 1. The summed E-state index contributed by atoms with van der Waals surface area (Å²) >= 11 is 6.41. The number of rotatable bonds is 4. The Morgan fingerprint density at radius 2 is 1.77 bits per heavy atom. The molecule has 0 radical (unpaired) electrons. The number of hydrogen-bond acceptors (Lipinski definition) is 5. The van der Waals surface area contributed by atoms with Crippen molar-refractivity contribution in [3.8, 4) is 0 Å². The van der Waals surface area contributed by atoms with Gasteiger partial charge in [0.1, 0.15) is 5.60 Å². The summed E-state index contributed by atoms with van der Waals surface area (Å²) in [6, 6.07) is 14.3. The average molecular weight is 496 g/mol. The zero-order valence-electron chi connectivity index (χ0n) is 20.3. The SMILES string of the molecule is Cc1cc(Cl)cc2c(CN3CCC4(CC3)CN(c3ccccc3)C(=O)O4)cn(C(C)C)c12.O=C=O. The molecule has 0 atom stereocenters. The second kappa shape index (κ2) is 10.2. The molecule has 1 aromatic heterocycles. The number of aryl methyl sites for hydroxylation is 1. The van der Waals surface area contributed by atoms with Crippen LogP contribution in [-0.4, -0.2) is 46.9 Å². The van der Waals surface area contributed by atoms with Crippen LogP contribution in [0.25, 0.3) is 10.9 Å². The van der Waals surface area contributed by atoms with Crippen molar-refractivity contribution in [2.45, 2.75) is 51.8 Å². The van der Waals surface area contributed by atoms with E-state index in [4.69, 9.17) is 25.9 Å². The molecule has 1 spiro atoms. The van der Waals surface area contributed by atoms with E-state index >= 15 is 0 Å². The van der Waals surface area contributed by atoms with Gasteiger partial charge in [0.2, 0.25) is 0 Å². The van der Waals surface area contributed by atoms with E-state index in [0.29, 0.717) is 12.6 Å². The van der Waals surface area contributed by atoms with Gasteiger partial charge in [0.15, 0.2) is 0 Å². The second-order valence-corrected chi connectivity index (χ2v) is 10.0. The summed E-state index contributed by atoms with van der Waals surface area (Å²) in [5.41, 5.74) is 4.32. The lowest BCUT2D eigenvalue weighted by Crippen LogP contribution is -2.46. The molecule has 8 heteroatoms. The van der Waals surface area contributed by atoms with Crippen LogP contribution in [0.5, 0.6) is 0 Å². The molecule has 0 N–H and O–H groups in total. The van der Waals surface area contributed by atoms with Gasteiger partial charge < -0.3 is 9.30 Å². The number of fused-ring (bicyclic) bond motifs is 1. The smallest absolute Gasteiger partial charge is 0.415 e. The highest BCUT2D eigenvalue weighted by Crippen LogP contribution is 2.37. The minimum Gasteiger partial charge on any atom is -0.441 e. The third-order valence-corrected chi connectivity index (χ3v) is 7.14. The predicted molar refractivity (Wildman–Crippen MR) is 135 cm³/mol. The monoisotopic (exact) mass is 495 g/mol. The lowest BCUT2D eigenvalue weighted by molar-refractivity contribution is -0.191. The largest absolute Gasteiger partial charge is 0.441 e. The number of carbonyl (C=O) groups excluding carboxylic acids is 3. The van der Waals surface area contributed by atoms with Gasteiger partial charge in [-0.3, -0.25) is 9.80 Å². The lowest BCUT2D eigenvalue weighted by Gasteiger charge is -2.37. The quantitative estimate of drug-likeness (QED) is 0.471. The summed E-state index contributed by atoms with van der Waals surface area (Å²) < 4.78 is 8.29. The number of nitrogens with zero attached hydrogens (tertiary/aromatic N) is 3. The normalized spacial score (nSPS) is 17.4. The number of ether oxygens (including phenoxy) is 1. The van der Waals surface area contributed by atoms with Crippen molar-refractivity contribution < 1.29 is 19.1 Å². The minimum atomic E-state index is -0.380. The molecular weight excluding hydrogens is 466 g/mol. The van der Waals surface area contributed by atoms with Crippen LogP contribution >= 0.6 is 11.6 Å². The van der Waals surface area contributed by atoms with Crippen molar-refractivity contribution in [1.29, 1.82) is 0 Å². The van der Waals surface area contributed by atoms with Crippen LogP contribution in [0.3, 0.4) is 0 Å². The molecule has 0 unspecified atom stereocenters. The molecule has 3 heterocycles. The number of para-hydroxylation sites is 1. The van der Waals surface area contributed by atoms with Crippen molar-refractivity contribution in [2.24, 2.45) is 0 Å². The zero-order chi connectivity index (χ0) is 25.2. The number of piperidine rings is 1. The molecule has 7 nitrogen and oxygen atoms in total. The topological polar surface area (TPSA) is 71.8 Å². The van der Waals surface area contributed by atoms with E-state index in [1.54, 1.807) is 4.90 Å². The molecule has 2 aromatic carbocycles. The number of hydrogen-bond donors (Lipinski definition) is 0. The second-order valence-electron chi connectivity index (χ2n) is 9.61. The van der Waals surface area contributed by atoms with Gasteiger partial charge in [0.05, 0.1) is 12.1 Å². The van der Waals surface area contributed by atoms with Gasteiger partial charge in [0, 0.05) is 60.8 Å². The summed E-state index contributed by atoms with van der Waals surface area (Å²) in [4.78, 5) is 33.1. The van der Waals surface area contributed by atoms with Crippen LogP contribution in [0.2, 0.25) is 5.02 Å². The van der Waals surface area contributed by atoms with Crippen molar-refractivity contribution in [3.63, 3.8) is 0 Å². The fourth-order valence-electron chi connectivity index (χ4n) is 5.21. The Hall–Kier alpha value is -3.12. The van der Waals surface area contributed by atoms with Crippen LogP contribution in [0.4, 0.5) is 10.5 Å². The summed E-state index contributed by atoms with van der Waals surface area (Å²) in [6.45, 7) is 9.89. The highest BCUT2D eigenvalue weighted by Gasteiger charge is 2.47. The molecule has 2 aliphatic heterocycles. The molecule has 0 saturated carbocycles. The third-order valence-electron chi connectivity index (χ3n) is 6.92. The predicted octanol–water partition coefficient (Wildman–Crippen LogP) is 5.59. The van der Waals surface area contributed by atoms with E-state index in [1.165, 1.54) is 22.0 Å². The Bertz CT molecular complexity index is 1240. The van der Waals surface area contributed by atoms with E-state index in [9.17, 15) is 4.79 Å². The van der Waals surface area contributed by atoms with E-state index in [1.807, 2.05) is 36.4 Å². The van der Waals surface area contributed by atoms with E-state index < -0.39 is 0 Å². The summed E-state index contributed by atoms with van der Waals surface area (Å²) in [5, 5.41) is 2.03. The Labute approximate surface area is 210 Å². The van der Waals surface area contributed by atoms with Gasteiger partial charge in [-0.15, -0.1) is 0 Å². The highest BCUT2D eigenvalue weighted by molar-refractivity contribution is 6.31. The maximum atomic E-state index is 12.6. The Balaban J connectivity index is 0.000000917. The Morgan fingerprint density at radius 1 is 1.11 bits per heavy atom. The number of likely N-dealkylation sites (tertiary alicyclic amines) is 1. The standard InChI is InChI=1S/C26H30ClN3O2.CO2/c1-18(2)29-16-20(23-14-21(27)13-19(3)24(23)29)15-28-11-9-26(10-12-28)17-30(25(31)32-26)22-7-5-4-6-8-22;2-1-3/h4-8,13-14,16,18H,9-12,15,17H2,1-3H3;. The molecule has 35 heavy (non-hydrogen) atoms. The van der Waals surface area contributed by atoms with Crippen molar-refractivity contribution >= 4 is 40.4 Å². The summed E-state index contributed by atoms with van der Waals surface area (Å²) in [6.07, 6.45) is 4.01. The van der Waals surface area contributed by atoms with Crippen molar-refractivity contribution in [1.82, 2.24) is 9.47 Å². The Kier molecular flexibility index (Phi) is 7.31. The van der Waals surface area contributed by atoms with Crippen LogP contribution < -0.4 is 4.90 Å². The van der Waals surface area contributed by atoms with Crippen LogP contribution in [0.15, 0.2) is 48.7 Å². The van der Waals surface area contributed by atoms with Crippen molar-refractivity contribution in [3.05, 3.63) is 64.8 Å². The third kappa shape index (κ3) is 5.13. The van der Waals surface area contributed by atoms with Gasteiger partial charge in [0.25, 0.3) is 0 Å². The van der Waals surface area contributed by atoms with Gasteiger partial charge in [-0.25, -0.2) is 4.79 Å². The van der Waals surface area contributed by atoms with Crippen LogP contribution in [0.1, 0.15) is 43.9 Å². The first-order valence-electron chi connectivity index (χ1n) is 11.8. The van der Waals surface area contributed by atoms with Crippen LogP contribution in [-0.2, 0) is 20.9 Å². The van der Waals surface area contributed by atoms with E-state index in [2.05, 4.69) is 42.5 Å². The molecular formula is C27H30ClN3O4. The zero-order valence-corrected chi connectivity index (χ0v) is 21.0. The van der Waals surface area contributed by atoms with Gasteiger partial charge in [-0.05, 0) is 56.2 Å². The van der Waals surface area contributed by atoms with Gasteiger partial charge >= 0.3 is 12.2 Å². The minimum absolute atomic E-state index is 0.227. The lowest BCUT2D eigenvalue weighted by atomic mass is 9.91. The first-order chi connectivity index (χ1) is 16.8. The van der Waals surface area contributed by atoms with Gasteiger partial charge in [-0.2, -0.15) is 9.59 Å². The average Bonchev–Trinajstić information content (AvgIpc) is 3.34. The number of amides is 1.